The van der Waals surface area contributed by atoms with Crippen molar-refractivity contribution in [2.24, 2.45) is 4.36 Å². The molecule has 1 aliphatic carbocycles. The molecule has 0 aromatic carbocycles. The summed E-state index contributed by atoms with van der Waals surface area (Å²) >= 11 is 0. The molecular weight excluding hydrogens is 182 g/mol. The van der Waals surface area contributed by atoms with E-state index in [1.54, 1.807) is 0 Å². The van der Waals surface area contributed by atoms with Crippen molar-refractivity contribution in [1.82, 2.24) is 0 Å². The number of rotatable bonds is 2. The molecule has 0 aromatic heterocycles. The van der Waals surface area contributed by atoms with E-state index in [0.29, 0.717) is 6.42 Å². The highest BCUT2D eigenvalue weighted by molar-refractivity contribution is 7.62. The van der Waals surface area contributed by atoms with Crippen molar-refractivity contribution in [3.05, 3.63) is 0 Å². The Morgan fingerprint density at radius 3 is 2.50 bits per heavy atom. The number of hydrogen-bond donors (Lipinski definition) is 0. The quantitative estimate of drug-likeness (QED) is 0.655. The fourth-order valence-corrected chi connectivity index (χ4v) is 1.09. The number of ether oxygens (including phenoxy) is 1. The van der Waals surface area contributed by atoms with Crippen LogP contribution in [-0.2, 0) is 15.2 Å². The summed E-state index contributed by atoms with van der Waals surface area (Å²) in [5.41, 5.74) is -0.417. The van der Waals surface area contributed by atoms with E-state index in [-0.39, 0.29) is 0 Å². The Hall–Kier alpha value is -0.910. The molecule has 68 valence electrons. The maximum Gasteiger partial charge on any atom is 0.449 e. The van der Waals surface area contributed by atoms with Crippen LogP contribution in [-0.4, -0.2) is 20.1 Å². The second-order valence-corrected chi connectivity index (χ2v) is 3.33. The Labute approximate surface area is 71.4 Å². The highest BCUT2D eigenvalue weighted by Gasteiger charge is 2.45. The predicted octanol–water partition coefficient (Wildman–Crippen LogP) is 1.13. The van der Waals surface area contributed by atoms with E-state index < -0.39 is 22.2 Å². The minimum absolute atomic E-state index is 0.417. The molecule has 0 spiro atoms. The molecule has 12 heavy (non-hydrogen) atoms. The Morgan fingerprint density at radius 1 is 1.58 bits per heavy atom. The second-order valence-electron chi connectivity index (χ2n) is 2.71. The summed E-state index contributed by atoms with van der Waals surface area (Å²) < 4.78 is 27.4. The van der Waals surface area contributed by atoms with E-state index in [2.05, 4.69) is 4.36 Å². The Kier molecular flexibility index (Phi) is 2.46. The van der Waals surface area contributed by atoms with Crippen molar-refractivity contribution in [3.8, 4) is 0 Å². The summed E-state index contributed by atoms with van der Waals surface area (Å²) in [7, 11) is -2.70. The number of hydrogen-bond acceptors (Lipinski definition) is 4. The summed E-state index contributed by atoms with van der Waals surface area (Å²) in [5.74, 6) is 0. The van der Waals surface area contributed by atoms with Gasteiger partial charge in [0.15, 0.2) is 0 Å². The zero-order valence-electron chi connectivity index (χ0n) is 6.61. The van der Waals surface area contributed by atoms with Gasteiger partial charge in [-0.15, -0.1) is 0 Å². The van der Waals surface area contributed by atoms with E-state index in [0.717, 1.165) is 12.8 Å². The van der Waals surface area contributed by atoms with Crippen LogP contribution in [0.5, 0.6) is 0 Å². The Bertz CT molecular complexity index is 306. The Morgan fingerprint density at radius 2 is 2.17 bits per heavy atom. The van der Waals surface area contributed by atoms with E-state index in [9.17, 15) is 13.2 Å². The third kappa shape index (κ3) is 2.30. The lowest BCUT2D eigenvalue weighted by Gasteiger charge is -2.09. The summed E-state index contributed by atoms with van der Waals surface area (Å²) in [4.78, 5) is 10.7. The predicted molar refractivity (Wildman–Crippen MR) is 40.1 cm³/mol. The van der Waals surface area contributed by atoms with Gasteiger partial charge in [0, 0.05) is 0 Å². The zero-order chi connectivity index (χ0) is 9.19. The largest absolute Gasteiger partial charge is 0.449 e. The molecular formula is C6H9NO4S. The van der Waals surface area contributed by atoms with Gasteiger partial charge in [-0.05, 0) is 19.3 Å². The van der Waals surface area contributed by atoms with Crippen LogP contribution in [0, 0.1) is 0 Å². The van der Waals surface area contributed by atoms with Crippen molar-refractivity contribution in [3.63, 3.8) is 0 Å². The van der Waals surface area contributed by atoms with Crippen molar-refractivity contribution < 1.29 is 17.9 Å². The topological polar surface area (TPSA) is 72.8 Å². The van der Waals surface area contributed by atoms with Crippen molar-refractivity contribution in [2.45, 2.75) is 31.8 Å². The van der Waals surface area contributed by atoms with Crippen LogP contribution < -0.4 is 0 Å². The standard InChI is InChI=1S/C6H9NO4S/c1-2-6(3-4-6)11-5(8)7-12(9)10/h2-4H2,1H3. The van der Waals surface area contributed by atoms with Crippen LogP contribution in [0.25, 0.3) is 0 Å². The summed E-state index contributed by atoms with van der Waals surface area (Å²) in [5, 5.41) is 0. The van der Waals surface area contributed by atoms with Gasteiger partial charge < -0.3 is 4.74 Å². The lowest BCUT2D eigenvalue weighted by atomic mass is 10.3. The molecule has 6 heteroatoms. The normalized spacial score (nSPS) is 18.1. The summed E-state index contributed by atoms with van der Waals surface area (Å²) in [6, 6.07) is 0. The van der Waals surface area contributed by atoms with Gasteiger partial charge in [0.1, 0.15) is 5.60 Å². The molecule has 0 atom stereocenters. The molecule has 1 rings (SSSR count). The molecule has 1 aliphatic rings. The van der Waals surface area contributed by atoms with Crippen LogP contribution in [0.4, 0.5) is 4.79 Å². The van der Waals surface area contributed by atoms with Crippen LogP contribution >= 0.6 is 0 Å². The van der Waals surface area contributed by atoms with Crippen LogP contribution in [0.15, 0.2) is 4.36 Å². The van der Waals surface area contributed by atoms with Crippen molar-refractivity contribution in [1.29, 1.82) is 0 Å². The molecule has 0 aliphatic heterocycles. The minimum atomic E-state index is -2.70. The van der Waals surface area contributed by atoms with Crippen molar-refractivity contribution in [2.75, 3.05) is 0 Å². The maximum absolute atomic E-state index is 10.7. The molecule has 1 saturated carbocycles. The molecule has 0 heterocycles. The number of amides is 1. The molecule has 0 radical (unpaired) electrons. The molecule has 0 saturated heterocycles. The van der Waals surface area contributed by atoms with E-state index >= 15 is 0 Å². The average molecular weight is 191 g/mol. The van der Waals surface area contributed by atoms with Crippen LogP contribution in [0.3, 0.4) is 0 Å². The first-order chi connectivity index (χ1) is 5.58. The molecule has 0 aromatic rings. The molecule has 1 amide bonds. The third-order valence-electron chi connectivity index (χ3n) is 1.90. The van der Waals surface area contributed by atoms with Gasteiger partial charge in [-0.3, -0.25) is 0 Å². The minimum Gasteiger partial charge on any atom is -0.441 e. The Balaban J connectivity index is 2.53. The van der Waals surface area contributed by atoms with Gasteiger partial charge >= 0.3 is 16.6 Å². The molecule has 0 bridgehead atoms. The lowest BCUT2D eigenvalue weighted by molar-refractivity contribution is 0.0893. The summed E-state index contributed by atoms with van der Waals surface area (Å²) in [6.07, 6.45) is 1.30. The van der Waals surface area contributed by atoms with Gasteiger partial charge in [-0.2, -0.15) is 8.42 Å². The average Bonchev–Trinajstić information content (AvgIpc) is 2.67. The highest BCUT2D eigenvalue weighted by Crippen LogP contribution is 2.42. The maximum atomic E-state index is 10.7. The van der Waals surface area contributed by atoms with Gasteiger partial charge in [0.25, 0.3) is 0 Å². The first-order valence-corrected chi connectivity index (χ1v) is 4.65. The van der Waals surface area contributed by atoms with Gasteiger partial charge in [-0.25, -0.2) is 4.79 Å². The van der Waals surface area contributed by atoms with Crippen LogP contribution in [0.1, 0.15) is 26.2 Å². The van der Waals surface area contributed by atoms with Gasteiger partial charge in [-0.1, -0.05) is 11.3 Å². The molecule has 5 nitrogen and oxygen atoms in total. The van der Waals surface area contributed by atoms with E-state index in [1.165, 1.54) is 0 Å². The highest BCUT2D eigenvalue weighted by atomic mass is 32.2. The molecule has 1 fully saturated rings. The SMILES string of the molecule is CCC1(OC(=O)N=S(=O)=O)CC1. The lowest BCUT2D eigenvalue weighted by Crippen LogP contribution is -2.15. The first-order valence-electron chi connectivity index (χ1n) is 3.62. The third-order valence-corrected chi connectivity index (χ3v) is 2.20. The number of nitrogens with zero attached hydrogens (tertiary/aromatic N) is 1. The second kappa shape index (κ2) is 3.22. The monoisotopic (exact) mass is 191 g/mol. The summed E-state index contributed by atoms with van der Waals surface area (Å²) in [6.45, 7) is 1.88. The fourth-order valence-electron chi connectivity index (χ4n) is 0.932. The molecule has 0 unspecified atom stereocenters. The number of carbonyl (C=O) groups excluding carboxylic acids is 1. The van der Waals surface area contributed by atoms with Crippen LogP contribution in [0.2, 0.25) is 0 Å². The smallest absolute Gasteiger partial charge is 0.441 e. The van der Waals surface area contributed by atoms with E-state index in [4.69, 9.17) is 4.74 Å². The first kappa shape index (κ1) is 9.18. The molecule has 0 N–H and O–H groups in total. The fraction of sp³-hybridized carbons (Fsp3) is 0.833. The van der Waals surface area contributed by atoms with E-state index in [1.807, 2.05) is 6.92 Å². The zero-order valence-corrected chi connectivity index (χ0v) is 7.43. The number of carbonyl (C=O) groups is 1. The van der Waals surface area contributed by atoms with Crippen molar-refractivity contribution >= 4 is 16.6 Å². The van der Waals surface area contributed by atoms with Gasteiger partial charge in [0.2, 0.25) is 0 Å². The van der Waals surface area contributed by atoms with Gasteiger partial charge in [0.05, 0.1) is 0 Å².